The molecule has 190 valence electrons. The molecule has 37 heavy (non-hydrogen) atoms. The molecule has 0 aliphatic heterocycles. The van der Waals surface area contributed by atoms with Crippen LogP contribution in [0, 0.1) is 0 Å². The molecule has 0 saturated heterocycles. The van der Waals surface area contributed by atoms with Gasteiger partial charge in [0.2, 0.25) is 0 Å². The first-order valence-corrected chi connectivity index (χ1v) is 14.8. The topological polar surface area (TPSA) is 56.5 Å². The lowest BCUT2D eigenvalue weighted by atomic mass is 9.88. The predicted octanol–water partition coefficient (Wildman–Crippen LogP) is 8.85. The maximum atomic E-state index is 13.5. The molecule has 1 aliphatic rings. The second kappa shape index (κ2) is 11.8. The van der Waals surface area contributed by atoms with Gasteiger partial charge in [0.25, 0.3) is 5.56 Å². The molecule has 1 heterocycles. The van der Waals surface area contributed by atoms with Gasteiger partial charge in [0.15, 0.2) is 0 Å². The highest BCUT2D eigenvalue weighted by Crippen LogP contribution is 2.32. The Labute approximate surface area is 245 Å². The Hall–Kier alpha value is -2.00. The van der Waals surface area contributed by atoms with Crippen molar-refractivity contribution in [3.05, 3.63) is 100 Å². The van der Waals surface area contributed by atoms with Crippen LogP contribution in [0.1, 0.15) is 55.0 Å². The van der Waals surface area contributed by atoms with Crippen LogP contribution in [0.4, 0.5) is 0 Å². The van der Waals surface area contributed by atoms with Gasteiger partial charge in [-0.15, -0.1) is 0 Å². The lowest BCUT2D eigenvalue weighted by Crippen LogP contribution is -2.25. The van der Waals surface area contributed by atoms with Crippen LogP contribution in [-0.2, 0) is 6.61 Å². The average Bonchev–Trinajstić information content (AvgIpc) is 2.89. The zero-order valence-electron chi connectivity index (χ0n) is 19.8. The van der Waals surface area contributed by atoms with Crippen LogP contribution in [0.2, 0.25) is 5.02 Å². The van der Waals surface area contributed by atoms with E-state index < -0.39 is 0 Å². The quantitative estimate of drug-likeness (QED) is 0.188. The van der Waals surface area contributed by atoms with E-state index in [2.05, 4.69) is 52.9 Å². The van der Waals surface area contributed by atoms with Crippen LogP contribution < -0.4 is 10.3 Å². The monoisotopic (exact) mass is 705 g/mol. The van der Waals surface area contributed by atoms with Crippen molar-refractivity contribution in [3.63, 3.8) is 0 Å². The minimum Gasteiger partial charge on any atom is -0.487 e. The summed E-state index contributed by atoms with van der Waals surface area (Å²) in [6.07, 6.45) is 7.16. The van der Waals surface area contributed by atoms with E-state index in [4.69, 9.17) is 21.3 Å². The summed E-state index contributed by atoms with van der Waals surface area (Å²) in [5.74, 6) is 1.51. The third kappa shape index (κ3) is 6.19. The molecule has 0 unspecified atom stereocenters. The second-order valence-electron chi connectivity index (χ2n) is 9.04. The lowest BCUT2D eigenvalue weighted by Gasteiger charge is -2.22. The minimum atomic E-state index is -0.172. The molecule has 1 aromatic heterocycles. The van der Waals surface area contributed by atoms with Crippen LogP contribution in [0.5, 0.6) is 5.75 Å². The van der Waals surface area contributed by atoms with Gasteiger partial charge in [-0.2, -0.15) is 9.78 Å². The molecule has 0 amide bonds. The van der Waals surface area contributed by atoms with Crippen molar-refractivity contribution in [1.29, 1.82) is 0 Å². The highest BCUT2D eigenvalue weighted by Gasteiger charge is 2.22. The first kappa shape index (κ1) is 26.6. The van der Waals surface area contributed by atoms with E-state index in [0.717, 1.165) is 56.1 Å². The molecule has 0 atom stereocenters. The molecule has 0 spiro atoms. The van der Waals surface area contributed by atoms with E-state index in [1.54, 1.807) is 18.3 Å². The molecule has 0 radical (unpaired) electrons. The van der Waals surface area contributed by atoms with Crippen LogP contribution in [-0.4, -0.2) is 15.9 Å². The Balaban J connectivity index is 1.43. The zero-order valence-corrected chi connectivity index (χ0v) is 25.3. The number of ether oxygens (including phenoxy) is 1. The Bertz CT molecular complexity index is 1550. The van der Waals surface area contributed by atoms with Crippen molar-refractivity contribution in [2.24, 2.45) is 5.10 Å². The summed E-state index contributed by atoms with van der Waals surface area (Å²) in [5, 5.41) is 5.61. The Morgan fingerprint density at radius 1 is 1.00 bits per heavy atom. The van der Waals surface area contributed by atoms with Crippen molar-refractivity contribution in [1.82, 2.24) is 9.66 Å². The summed E-state index contributed by atoms with van der Waals surface area (Å²) in [7, 11) is 0. The Kier molecular flexibility index (Phi) is 8.49. The molecule has 4 aromatic rings. The van der Waals surface area contributed by atoms with Gasteiger partial charge in [0, 0.05) is 24.9 Å². The number of fused-ring (bicyclic) bond motifs is 1. The van der Waals surface area contributed by atoms with Gasteiger partial charge >= 0.3 is 0 Å². The molecular formula is C28H23Br3ClN3O2. The molecular weight excluding hydrogens is 685 g/mol. The van der Waals surface area contributed by atoms with Gasteiger partial charge in [0.05, 0.1) is 22.1 Å². The van der Waals surface area contributed by atoms with Gasteiger partial charge in [0.1, 0.15) is 18.2 Å². The summed E-state index contributed by atoms with van der Waals surface area (Å²) in [5.41, 5.74) is 2.30. The first-order valence-electron chi connectivity index (χ1n) is 12.0. The van der Waals surface area contributed by atoms with E-state index in [9.17, 15) is 4.79 Å². The third-order valence-corrected chi connectivity index (χ3v) is 8.50. The fourth-order valence-electron chi connectivity index (χ4n) is 4.54. The molecule has 0 N–H and O–H groups in total. The highest BCUT2D eigenvalue weighted by atomic mass is 79.9. The molecule has 1 fully saturated rings. The number of aromatic nitrogens is 2. The smallest absolute Gasteiger partial charge is 0.282 e. The van der Waals surface area contributed by atoms with Gasteiger partial charge < -0.3 is 4.74 Å². The predicted molar refractivity (Wildman–Crippen MR) is 160 cm³/mol. The summed E-state index contributed by atoms with van der Waals surface area (Å²) >= 11 is 17.0. The van der Waals surface area contributed by atoms with Crippen molar-refractivity contribution in [3.8, 4) is 5.75 Å². The van der Waals surface area contributed by atoms with Crippen molar-refractivity contribution < 1.29 is 4.74 Å². The highest BCUT2D eigenvalue weighted by molar-refractivity contribution is 9.11. The summed E-state index contributed by atoms with van der Waals surface area (Å²) in [6.45, 7) is 0.374. The molecule has 5 nitrogen and oxygen atoms in total. The summed E-state index contributed by atoms with van der Waals surface area (Å²) in [4.78, 5) is 18.4. The summed E-state index contributed by atoms with van der Waals surface area (Å²) < 4.78 is 10.2. The van der Waals surface area contributed by atoms with Crippen molar-refractivity contribution in [2.75, 3.05) is 0 Å². The van der Waals surface area contributed by atoms with Crippen LogP contribution >= 0.6 is 59.4 Å². The molecule has 1 saturated carbocycles. The van der Waals surface area contributed by atoms with Crippen molar-refractivity contribution in [2.45, 2.75) is 44.6 Å². The van der Waals surface area contributed by atoms with Crippen LogP contribution in [0.15, 0.2) is 77.9 Å². The molecule has 9 heteroatoms. The average molecular weight is 709 g/mol. The largest absolute Gasteiger partial charge is 0.487 e. The second-order valence-corrected chi connectivity index (χ2v) is 12.1. The van der Waals surface area contributed by atoms with E-state index >= 15 is 0 Å². The fourth-order valence-corrected chi connectivity index (χ4v) is 6.30. The van der Waals surface area contributed by atoms with Gasteiger partial charge in [-0.25, -0.2) is 4.98 Å². The van der Waals surface area contributed by atoms with Gasteiger partial charge in [-0.3, -0.25) is 4.79 Å². The third-order valence-electron chi connectivity index (χ3n) is 6.48. The summed E-state index contributed by atoms with van der Waals surface area (Å²) in [6, 6.07) is 17.0. The van der Waals surface area contributed by atoms with Crippen LogP contribution in [0.3, 0.4) is 0 Å². The number of benzene rings is 3. The zero-order chi connectivity index (χ0) is 25.9. The van der Waals surface area contributed by atoms with E-state index in [0.29, 0.717) is 28.3 Å². The van der Waals surface area contributed by atoms with E-state index in [1.165, 1.54) is 11.1 Å². The fraction of sp³-hybridized carbons (Fsp3) is 0.250. The van der Waals surface area contributed by atoms with Crippen LogP contribution in [0.25, 0.3) is 10.9 Å². The molecule has 5 rings (SSSR count). The SMILES string of the molecule is O=c1c2cc(Br)ccc2nc(C2CCCCC2)n1N=Cc1ccc(OCc2ccc(Br)cc2Br)c(Cl)c1. The van der Waals surface area contributed by atoms with E-state index in [1.807, 2.05) is 42.5 Å². The maximum Gasteiger partial charge on any atom is 0.282 e. The Morgan fingerprint density at radius 3 is 2.51 bits per heavy atom. The van der Waals surface area contributed by atoms with Gasteiger partial charge in [-0.05, 0) is 66.9 Å². The Morgan fingerprint density at radius 2 is 1.76 bits per heavy atom. The van der Waals surface area contributed by atoms with Gasteiger partial charge in [-0.1, -0.05) is 84.7 Å². The number of halogens is 4. The normalized spacial score (nSPS) is 14.5. The number of hydrogen-bond donors (Lipinski definition) is 0. The lowest BCUT2D eigenvalue weighted by molar-refractivity contribution is 0.305. The van der Waals surface area contributed by atoms with E-state index in [-0.39, 0.29) is 11.5 Å². The number of nitrogens with zero attached hydrogens (tertiary/aromatic N) is 3. The van der Waals surface area contributed by atoms with Crippen molar-refractivity contribution >= 4 is 76.5 Å². The number of hydrogen-bond acceptors (Lipinski definition) is 4. The number of rotatable bonds is 6. The standard InChI is InChI=1S/C28H23Br3ClN3O2/c29-20-9-10-25-22(13-20)28(36)35(27(34-25)18-4-2-1-3-5-18)33-15-17-6-11-26(24(32)12-17)37-16-19-7-8-21(30)14-23(19)31/h6-15,18H,1-5,16H2. The molecule has 1 aliphatic carbocycles. The first-order chi connectivity index (χ1) is 17.9. The molecule has 0 bridgehead atoms. The molecule has 3 aromatic carbocycles. The maximum absolute atomic E-state index is 13.5. The minimum absolute atomic E-state index is 0.172.